The van der Waals surface area contributed by atoms with E-state index in [0.717, 1.165) is 70.3 Å². The standard InChI is InChI=1S/C18H24F3N3O2/c19-18(20,21)14-4-7-22-16(11-14)23-17(25)15-3-1-2-8-24(15)12-13-5-9-26-10-6-13/h4,7,11,13,15H,1-3,5-6,8-10,12H2,(H,22,23,25)/t15-/m0/s1. The molecule has 0 saturated carbocycles. The summed E-state index contributed by atoms with van der Waals surface area (Å²) in [7, 11) is 0. The second kappa shape index (κ2) is 8.35. The molecule has 0 aromatic carbocycles. The van der Waals surface area contributed by atoms with Gasteiger partial charge in [0, 0.05) is 26.0 Å². The summed E-state index contributed by atoms with van der Waals surface area (Å²) >= 11 is 0. The molecule has 1 amide bonds. The first-order chi connectivity index (χ1) is 12.4. The molecule has 2 fully saturated rings. The second-order valence-corrected chi connectivity index (χ2v) is 6.98. The number of hydrogen-bond acceptors (Lipinski definition) is 4. The second-order valence-electron chi connectivity index (χ2n) is 6.98. The summed E-state index contributed by atoms with van der Waals surface area (Å²) in [5.74, 6) is 0.175. The number of carbonyl (C=O) groups excluding carboxylic acids is 1. The number of ether oxygens (including phenoxy) is 1. The fraction of sp³-hybridized carbons (Fsp3) is 0.667. The van der Waals surface area contributed by atoms with Gasteiger partial charge in [-0.1, -0.05) is 6.42 Å². The lowest BCUT2D eigenvalue weighted by molar-refractivity contribution is -0.137. The van der Waals surface area contributed by atoms with Gasteiger partial charge in [0.2, 0.25) is 5.91 Å². The van der Waals surface area contributed by atoms with Gasteiger partial charge in [-0.25, -0.2) is 4.98 Å². The maximum atomic E-state index is 12.8. The van der Waals surface area contributed by atoms with Gasteiger partial charge in [-0.2, -0.15) is 13.2 Å². The number of amides is 1. The number of piperidine rings is 1. The molecule has 3 heterocycles. The Hall–Kier alpha value is -1.67. The van der Waals surface area contributed by atoms with Crippen molar-refractivity contribution in [2.75, 3.05) is 31.6 Å². The number of halogens is 3. The zero-order valence-corrected chi connectivity index (χ0v) is 14.6. The zero-order valence-electron chi connectivity index (χ0n) is 14.6. The average Bonchev–Trinajstić information content (AvgIpc) is 2.62. The Labute approximate surface area is 150 Å². The number of hydrogen-bond donors (Lipinski definition) is 1. The molecule has 2 aliphatic heterocycles. The highest BCUT2D eigenvalue weighted by atomic mass is 19.4. The number of alkyl halides is 3. The van der Waals surface area contributed by atoms with Gasteiger partial charge in [0.05, 0.1) is 11.6 Å². The average molecular weight is 371 g/mol. The molecule has 5 nitrogen and oxygen atoms in total. The number of pyridine rings is 1. The summed E-state index contributed by atoms with van der Waals surface area (Å²) < 4.78 is 43.9. The molecular weight excluding hydrogens is 347 g/mol. The number of anilines is 1. The number of rotatable bonds is 4. The number of likely N-dealkylation sites (tertiary alicyclic amines) is 1. The Morgan fingerprint density at radius 2 is 2.04 bits per heavy atom. The Bertz CT molecular complexity index is 618. The Morgan fingerprint density at radius 3 is 2.77 bits per heavy atom. The highest BCUT2D eigenvalue weighted by Gasteiger charge is 2.33. The summed E-state index contributed by atoms with van der Waals surface area (Å²) in [6.07, 6.45) is 1.28. The molecule has 2 saturated heterocycles. The lowest BCUT2D eigenvalue weighted by Crippen LogP contribution is -2.49. The van der Waals surface area contributed by atoms with Gasteiger partial charge in [0.25, 0.3) is 0 Å². The van der Waals surface area contributed by atoms with Crippen molar-refractivity contribution in [3.8, 4) is 0 Å². The fourth-order valence-electron chi connectivity index (χ4n) is 3.65. The monoisotopic (exact) mass is 371 g/mol. The lowest BCUT2D eigenvalue weighted by Gasteiger charge is -2.37. The van der Waals surface area contributed by atoms with Crippen molar-refractivity contribution in [3.63, 3.8) is 0 Å². The molecule has 0 radical (unpaired) electrons. The highest BCUT2D eigenvalue weighted by Crippen LogP contribution is 2.30. The van der Waals surface area contributed by atoms with E-state index in [4.69, 9.17) is 4.74 Å². The van der Waals surface area contributed by atoms with Crippen molar-refractivity contribution in [2.45, 2.75) is 44.3 Å². The topological polar surface area (TPSA) is 54.5 Å². The van der Waals surface area contributed by atoms with Crippen LogP contribution in [0.2, 0.25) is 0 Å². The van der Waals surface area contributed by atoms with Gasteiger partial charge >= 0.3 is 6.18 Å². The summed E-state index contributed by atoms with van der Waals surface area (Å²) in [6, 6.07) is 1.46. The van der Waals surface area contributed by atoms with Gasteiger partial charge in [-0.05, 0) is 50.3 Å². The Kier molecular flexibility index (Phi) is 6.13. The van der Waals surface area contributed by atoms with Gasteiger partial charge in [-0.3, -0.25) is 9.69 Å². The van der Waals surface area contributed by atoms with E-state index >= 15 is 0 Å². The van der Waals surface area contributed by atoms with Crippen LogP contribution in [-0.4, -0.2) is 48.1 Å². The van der Waals surface area contributed by atoms with Crippen LogP contribution in [0.25, 0.3) is 0 Å². The molecule has 1 aromatic rings. The van der Waals surface area contributed by atoms with Crippen molar-refractivity contribution < 1.29 is 22.7 Å². The van der Waals surface area contributed by atoms with Crippen molar-refractivity contribution in [2.24, 2.45) is 5.92 Å². The van der Waals surface area contributed by atoms with Crippen molar-refractivity contribution in [3.05, 3.63) is 23.9 Å². The lowest BCUT2D eigenvalue weighted by atomic mass is 9.95. The molecule has 0 bridgehead atoms. The predicted molar refractivity (Wildman–Crippen MR) is 90.6 cm³/mol. The first-order valence-electron chi connectivity index (χ1n) is 9.09. The van der Waals surface area contributed by atoms with Crippen LogP contribution < -0.4 is 5.32 Å². The first-order valence-corrected chi connectivity index (χ1v) is 9.09. The van der Waals surface area contributed by atoms with Crippen LogP contribution in [0.1, 0.15) is 37.7 Å². The molecule has 3 rings (SSSR count). The quantitative estimate of drug-likeness (QED) is 0.882. The van der Waals surface area contributed by atoms with Gasteiger partial charge in [0.15, 0.2) is 0 Å². The van der Waals surface area contributed by atoms with Crippen molar-refractivity contribution >= 4 is 11.7 Å². The molecule has 1 aromatic heterocycles. The molecular formula is C18H24F3N3O2. The first kappa shape index (κ1) is 19.1. The maximum Gasteiger partial charge on any atom is 0.416 e. The smallest absolute Gasteiger partial charge is 0.381 e. The largest absolute Gasteiger partial charge is 0.416 e. The van der Waals surface area contributed by atoms with Crippen LogP contribution in [-0.2, 0) is 15.7 Å². The van der Waals surface area contributed by atoms with Crippen LogP contribution in [0.4, 0.5) is 19.0 Å². The Balaban J connectivity index is 1.64. The van der Waals surface area contributed by atoms with Crippen LogP contribution in [0.5, 0.6) is 0 Å². The van der Waals surface area contributed by atoms with E-state index < -0.39 is 11.7 Å². The maximum absolute atomic E-state index is 12.8. The van der Waals surface area contributed by atoms with Crippen molar-refractivity contribution in [1.29, 1.82) is 0 Å². The predicted octanol–water partition coefficient (Wildman–Crippen LogP) is 3.32. The summed E-state index contributed by atoms with van der Waals surface area (Å²) in [5, 5.41) is 2.57. The molecule has 2 aliphatic rings. The highest BCUT2D eigenvalue weighted by molar-refractivity contribution is 5.94. The molecule has 0 spiro atoms. The van der Waals surface area contributed by atoms with E-state index in [1.54, 1.807) is 0 Å². The molecule has 1 atom stereocenters. The third kappa shape index (κ3) is 4.94. The van der Waals surface area contributed by atoms with Crippen LogP contribution in [0, 0.1) is 5.92 Å². The van der Waals surface area contributed by atoms with Crippen molar-refractivity contribution in [1.82, 2.24) is 9.88 Å². The van der Waals surface area contributed by atoms with E-state index in [-0.39, 0.29) is 17.8 Å². The van der Waals surface area contributed by atoms with E-state index in [2.05, 4.69) is 15.2 Å². The van der Waals surface area contributed by atoms with E-state index in [0.29, 0.717) is 12.3 Å². The number of nitrogens with one attached hydrogen (secondary N) is 1. The zero-order chi connectivity index (χ0) is 18.6. The molecule has 0 aliphatic carbocycles. The molecule has 0 unspecified atom stereocenters. The van der Waals surface area contributed by atoms with E-state index in [1.165, 1.54) is 0 Å². The normalized spacial score (nSPS) is 23.0. The molecule has 1 N–H and O–H groups in total. The van der Waals surface area contributed by atoms with Crippen LogP contribution in [0.15, 0.2) is 18.3 Å². The molecule has 26 heavy (non-hydrogen) atoms. The van der Waals surface area contributed by atoms with Crippen LogP contribution in [0.3, 0.4) is 0 Å². The third-order valence-corrected chi connectivity index (χ3v) is 5.09. The van der Waals surface area contributed by atoms with Gasteiger partial charge in [0.1, 0.15) is 5.82 Å². The minimum atomic E-state index is -4.46. The summed E-state index contributed by atoms with van der Waals surface area (Å²) in [4.78, 5) is 18.7. The molecule has 144 valence electrons. The molecule has 8 heteroatoms. The minimum absolute atomic E-state index is 0.0542. The van der Waals surface area contributed by atoms with Gasteiger partial charge in [-0.15, -0.1) is 0 Å². The van der Waals surface area contributed by atoms with Crippen LogP contribution >= 0.6 is 0 Å². The number of nitrogens with zero attached hydrogens (tertiary/aromatic N) is 2. The SMILES string of the molecule is O=C(Nc1cc(C(F)(F)F)ccn1)[C@@H]1CCCCN1CC1CCOCC1. The fourth-order valence-corrected chi connectivity index (χ4v) is 3.65. The number of carbonyl (C=O) groups is 1. The summed E-state index contributed by atoms with van der Waals surface area (Å²) in [6.45, 7) is 3.18. The Morgan fingerprint density at radius 1 is 1.27 bits per heavy atom. The number of aromatic nitrogens is 1. The third-order valence-electron chi connectivity index (χ3n) is 5.09. The van der Waals surface area contributed by atoms with E-state index in [1.807, 2.05) is 0 Å². The minimum Gasteiger partial charge on any atom is -0.381 e. The summed E-state index contributed by atoms with van der Waals surface area (Å²) in [5.41, 5.74) is -0.814. The van der Waals surface area contributed by atoms with Gasteiger partial charge < -0.3 is 10.1 Å². The van der Waals surface area contributed by atoms with E-state index in [9.17, 15) is 18.0 Å².